The highest BCUT2D eigenvalue weighted by Gasteiger charge is 2.08. The molecule has 0 spiro atoms. The third-order valence-electron chi connectivity index (χ3n) is 2.35. The first-order valence-electron chi connectivity index (χ1n) is 5.27. The minimum atomic E-state index is 0.165. The largest absolute Gasteiger partial charge is 0.495 e. The number of nitrogens with one attached hydrogen (secondary N) is 1. The molecule has 1 aromatic carbocycles. The van der Waals surface area contributed by atoms with Crippen molar-refractivity contribution < 1.29 is 4.74 Å². The van der Waals surface area contributed by atoms with Crippen LogP contribution in [0.5, 0.6) is 5.75 Å². The zero-order chi connectivity index (χ0) is 13.8. The molecule has 19 heavy (non-hydrogen) atoms. The van der Waals surface area contributed by atoms with Gasteiger partial charge in [-0.3, -0.25) is 0 Å². The average molecular weight is 320 g/mol. The van der Waals surface area contributed by atoms with Crippen molar-refractivity contribution in [2.24, 2.45) is 0 Å². The van der Waals surface area contributed by atoms with Gasteiger partial charge >= 0.3 is 0 Å². The summed E-state index contributed by atoms with van der Waals surface area (Å²) in [6.45, 7) is 0. The van der Waals surface area contributed by atoms with E-state index in [4.69, 9.17) is 15.7 Å². The van der Waals surface area contributed by atoms with Gasteiger partial charge in [0, 0.05) is 12.3 Å². The fraction of sp³-hybridized carbons (Fsp3) is 0.0833. The Bertz CT molecular complexity index is 653. The summed E-state index contributed by atoms with van der Waals surface area (Å²) in [7, 11) is 1.53. The van der Waals surface area contributed by atoms with Gasteiger partial charge in [-0.1, -0.05) is 0 Å². The van der Waals surface area contributed by atoms with E-state index >= 15 is 0 Å². The van der Waals surface area contributed by atoms with Crippen molar-refractivity contribution in [3.63, 3.8) is 0 Å². The van der Waals surface area contributed by atoms with Crippen molar-refractivity contribution in [1.82, 2.24) is 9.97 Å². The third kappa shape index (κ3) is 2.92. The van der Waals surface area contributed by atoms with E-state index < -0.39 is 0 Å². The first kappa shape index (κ1) is 13.1. The molecule has 96 valence electrons. The van der Waals surface area contributed by atoms with Crippen LogP contribution in [-0.2, 0) is 0 Å². The van der Waals surface area contributed by atoms with E-state index in [1.54, 1.807) is 24.4 Å². The molecule has 0 fully saturated rings. The Hall–Kier alpha value is -2.33. The number of nitrogens with zero attached hydrogens (tertiary/aromatic N) is 3. The number of aromatic nitrogens is 2. The first-order chi connectivity index (χ1) is 9.13. The molecule has 1 aromatic heterocycles. The minimum absolute atomic E-state index is 0.165. The quantitative estimate of drug-likeness (QED) is 0.901. The summed E-state index contributed by atoms with van der Waals surface area (Å²) < 4.78 is 5.90. The Morgan fingerprint density at radius 2 is 2.26 bits per heavy atom. The number of hydrogen-bond donors (Lipinski definition) is 2. The summed E-state index contributed by atoms with van der Waals surface area (Å²) >= 11 is 3.33. The number of hydrogen-bond acceptors (Lipinski definition) is 6. The molecule has 0 radical (unpaired) electrons. The molecule has 0 saturated heterocycles. The predicted octanol–water partition coefficient (Wildman–Crippen LogP) is 2.45. The van der Waals surface area contributed by atoms with Crippen molar-refractivity contribution in [1.29, 1.82) is 5.26 Å². The van der Waals surface area contributed by atoms with Gasteiger partial charge in [0.2, 0.25) is 5.95 Å². The van der Waals surface area contributed by atoms with Crippen molar-refractivity contribution in [3.8, 4) is 11.8 Å². The number of anilines is 3. The first-order valence-corrected chi connectivity index (χ1v) is 6.06. The fourth-order valence-corrected chi connectivity index (χ4v) is 1.75. The maximum atomic E-state index is 8.85. The summed E-state index contributed by atoms with van der Waals surface area (Å²) in [4.78, 5) is 7.93. The molecule has 0 amide bonds. The van der Waals surface area contributed by atoms with Crippen LogP contribution < -0.4 is 15.8 Å². The molecule has 7 heteroatoms. The monoisotopic (exact) mass is 319 g/mol. The third-order valence-corrected chi connectivity index (χ3v) is 2.93. The van der Waals surface area contributed by atoms with Gasteiger partial charge in [-0.2, -0.15) is 10.2 Å². The molecular weight excluding hydrogens is 310 g/mol. The lowest BCUT2D eigenvalue weighted by Gasteiger charge is -2.11. The van der Waals surface area contributed by atoms with Gasteiger partial charge in [0.15, 0.2) is 0 Å². The number of nitriles is 1. The molecule has 3 N–H and O–H groups in total. The van der Waals surface area contributed by atoms with Crippen LogP contribution in [-0.4, -0.2) is 17.1 Å². The zero-order valence-electron chi connectivity index (χ0n) is 10.0. The summed E-state index contributed by atoms with van der Waals surface area (Å²) in [5.41, 5.74) is 6.74. The van der Waals surface area contributed by atoms with Crippen LogP contribution in [0.4, 0.5) is 17.5 Å². The van der Waals surface area contributed by atoms with E-state index in [0.29, 0.717) is 27.3 Å². The second-order valence-corrected chi connectivity index (χ2v) is 4.43. The van der Waals surface area contributed by atoms with E-state index in [1.807, 2.05) is 0 Å². The highest BCUT2D eigenvalue weighted by atomic mass is 79.9. The van der Waals surface area contributed by atoms with E-state index in [0.717, 1.165) is 0 Å². The number of halogens is 1. The van der Waals surface area contributed by atoms with Crippen molar-refractivity contribution in [2.75, 3.05) is 18.2 Å². The minimum Gasteiger partial charge on any atom is -0.495 e. The molecule has 0 aliphatic rings. The number of rotatable bonds is 3. The topological polar surface area (TPSA) is 96.8 Å². The Balaban J connectivity index is 2.38. The van der Waals surface area contributed by atoms with Crippen LogP contribution in [0, 0.1) is 11.3 Å². The standard InChI is InChI=1S/C12H10BrN5O/c1-19-10-4-7(5-14)2-3-9(10)17-11-8(13)6-16-12(15)18-11/h2-4,6H,1H3,(H3,15,16,17,18). The Labute approximate surface area is 118 Å². The SMILES string of the molecule is COc1cc(C#N)ccc1Nc1nc(N)ncc1Br. The molecule has 0 atom stereocenters. The van der Waals surface area contributed by atoms with Gasteiger partial charge in [0.05, 0.1) is 28.9 Å². The van der Waals surface area contributed by atoms with E-state index in [2.05, 4.69) is 37.3 Å². The summed E-state index contributed by atoms with van der Waals surface area (Å²) in [6, 6.07) is 7.11. The van der Waals surface area contributed by atoms with E-state index in [-0.39, 0.29) is 5.95 Å². The second kappa shape index (κ2) is 5.54. The zero-order valence-corrected chi connectivity index (χ0v) is 11.6. The highest BCUT2D eigenvalue weighted by molar-refractivity contribution is 9.10. The van der Waals surface area contributed by atoms with E-state index in [9.17, 15) is 0 Å². The molecule has 2 rings (SSSR count). The predicted molar refractivity (Wildman–Crippen MR) is 75.1 cm³/mol. The molecule has 0 unspecified atom stereocenters. The maximum Gasteiger partial charge on any atom is 0.222 e. The summed E-state index contributed by atoms with van der Waals surface area (Å²) in [5, 5.41) is 11.9. The van der Waals surface area contributed by atoms with Gasteiger partial charge in [-0.25, -0.2) is 4.98 Å². The van der Waals surface area contributed by atoms with Gasteiger partial charge < -0.3 is 15.8 Å². The normalized spacial score (nSPS) is 9.74. The number of methoxy groups -OCH3 is 1. The average Bonchev–Trinajstić information content (AvgIpc) is 2.43. The number of benzene rings is 1. The Kier molecular flexibility index (Phi) is 3.82. The highest BCUT2D eigenvalue weighted by Crippen LogP contribution is 2.30. The summed E-state index contributed by atoms with van der Waals surface area (Å²) in [5.74, 6) is 1.23. The maximum absolute atomic E-state index is 8.85. The van der Waals surface area contributed by atoms with Gasteiger partial charge in [0.1, 0.15) is 11.6 Å². The lowest BCUT2D eigenvalue weighted by Crippen LogP contribution is -2.02. The van der Waals surface area contributed by atoms with Crippen LogP contribution >= 0.6 is 15.9 Å². The Morgan fingerprint density at radius 1 is 1.47 bits per heavy atom. The van der Waals surface area contributed by atoms with Gasteiger partial charge in [-0.05, 0) is 28.1 Å². The van der Waals surface area contributed by atoms with Crippen LogP contribution in [0.25, 0.3) is 0 Å². The number of nitrogens with two attached hydrogens (primary N) is 1. The lowest BCUT2D eigenvalue weighted by atomic mass is 10.2. The number of ether oxygens (including phenoxy) is 1. The molecule has 0 saturated carbocycles. The van der Waals surface area contributed by atoms with Crippen molar-refractivity contribution in [3.05, 3.63) is 34.4 Å². The van der Waals surface area contributed by atoms with Gasteiger partial charge in [-0.15, -0.1) is 0 Å². The number of nitrogen functional groups attached to an aromatic ring is 1. The van der Waals surface area contributed by atoms with Crippen molar-refractivity contribution in [2.45, 2.75) is 0 Å². The second-order valence-electron chi connectivity index (χ2n) is 3.58. The van der Waals surface area contributed by atoms with E-state index in [1.165, 1.54) is 7.11 Å². The van der Waals surface area contributed by atoms with Crippen LogP contribution in [0.3, 0.4) is 0 Å². The molecule has 6 nitrogen and oxygen atoms in total. The molecule has 0 aliphatic heterocycles. The molecule has 0 bridgehead atoms. The van der Waals surface area contributed by atoms with Gasteiger partial charge in [0.25, 0.3) is 0 Å². The molecule has 0 aliphatic carbocycles. The van der Waals surface area contributed by atoms with Crippen molar-refractivity contribution >= 4 is 33.4 Å². The smallest absolute Gasteiger partial charge is 0.222 e. The Morgan fingerprint density at radius 3 is 2.95 bits per heavy atom. The van der Waals surface area contributed by atoms with Crippen LogP contribution in [0.15, 0.2) is 28.9 Å². The molecule has 1 heterocycles. The fourth-order valence-electron chi connectivity index (χ4n) is 1.46. The molecular formula is C12H10BrN5O. The lowest BCUT2D eigenvalue weighted by molar-refractivity contribution is 0.416. The summed E-state index contributed by atoms with van der Waals surface area (Å²) in [6.07, 6.45) is 1.56. The van der Waals surface area contributed by atoms with Crippen LogP contribution in [0.2, 0.25) is 0 Å². The molecule has 2 aromatic rings. The van der Waals surface area contributed by atoms with Crippen LogP contribution in [0.1, 0.15) is 5.56 Å².